The van der Waals surface area contributed by atoms with Crippen LogP contribution in [0, 0.1) is 6.92 Å². The third kappa shape index (κ3) is 2.41. The second-order valence-corrected chi connectivity index (χ2v) is 5.07. The number of hydrogen-bond donors (Lipinski definition) is 0. The zero-order valence-electron chi connectivity index (χ0n) is 10.2. The first-order valence-corrected chi connectivity index (χ1v) is 6.57. The third-order valence-corrected chi connectivity index (χ3v) is 4.19. The van der Waals surface area contributed by atoms with Crippen LogP contribution in [0.3, 0.4) is 0 Å². The summed E-state index contributed by atoms with van der Waals surface area (Å²) in [5.41, 5.74) is 2.74. The number of halogens is 1. The van der Waals surface area contributed by atoms with Crippen molar-refractivity contribution in [2.24, 2.45) is 0 Å². The Kier molecular flexibility index (Phi) is 3.88. The van der Waals surface area contributed by atoms with Gasteiger partial charge in [-0.3, -0.25) is 0 Å². The zero-order chi connectivity index (χ0) is 11.5. The van der Waals surface area contributed by atoms with Crippen molar-refractivity contribution in [3.63, 3.8) is 0 Å². The molecular weight excluding hydrogens is 218 g/mol. The average molecular weight is 238 g/mol. The topological polar surface area (TPSA) is 3.24 Å². The number of hydrogen-bond acceptors (Lipinski definition) is 1. The van der Waals surface area contributed by atoms with Gasteiger partial charge in [0, 0.05) is 5.02 Å². The van der Waals surface area contributed by atoms with E-state index in [1.54, 1.807) is 0 Å². The van der Waals surface area contributed by atoms with Gasteiger partial charge >= 0.3 is 0 Å². The van der Waals surface area contributed by atoms with Crippen LogP contribution in [0.1, 0.15) is 36.8 Å². The second kappa shape index (κ2) is 5.20. The lowest BCUT2D eigenvalue weighted by Gasteiger charge is -2.32. The molecule has 88 valence electrons. The number of likely N-dealkylation sites (tertiary alicyclic amines) is 1. The summed E-state index contributed by atoms with van der Waals surface area (Å²) in [5.74, 6) is 0.710. The summed E-state index contributed by atoms with van der Waals surface area (Å²) in [6.07, 6.45) is 2.55. The van der Waals surface area contributed by atoms with E-state index in [0.717, 1.165) is 5.02 Å². The van der Waals surface area contributed by atoms with E-state index in [-0.39, 0.29) is 0 Å². The average Bonchev–Trinajstić information content (AvgIpc) is 2.33. The van der Waals surface area contributed by atoms with Crippen LogP contribution >= 0.6 is 11.6 Å². The summed E-state index contributed by atoms with van der Waals surface area (Å²) in [4.78, 5) is 2.52. The highest BCUT2D eigenvalue weighted by Crippen LogP contribution is 2.32. The Morgan fingerprint density at radius 3 is 2.62 bits per heavy atom. The first-order chi connectivity index (χ1) is 7.72. The van der Waals surface area contributed by atoms with Crippen LogP contribution in [-0.2, 0) is 0 Å². The van der Waals surface area contributed by atoms with E-state index in [0.29, 0.717) is 5.92 Å². The Morgan fingerprint density at radius 1 is 1.31 bits per heavy atom. The van der Waals surface area contributed by atoms with Gasteiger partial charge in [-0.1, -0.05) is 30.7 Å². The molecule has 0 unspecified atom stereocenters. The van der Waals surface area contributed by atoms with Crippen molar-refractivity contribution in [1.82, 2.24) is 4.90 Å². The lowest BCUT2D eigenvalue weighted by Crippen LogP contribution is -2.32. The van der Waals surface area contributed by atoms with Crippen molar-refractivity contribution in [2.45, 2.75) is 32.6 Å². The zero-order valence-corrected chi connectivity index (χ0v) is 10.9. The van der Waals surface area contributed by atoms with Crippen molar-refractivity contribution in [1.29, 1.82) is 0 Å². The molecule has 2 rings (SSSR count). The molecule has 1 fully saturated rings. The van der Waals surface area contributed by atoms with Gasteiger partial charge in [0.2, 0.25) is 0 Å². The van der Waals surface area contributed by atoms with E-state index in [1.165, 1.54) is 43.6 Å². The minimum Gasteiger partial charge on any atom is -0.304 e. The van der Waals surface area contributed by atoms with Crippen molar-refractivity contribution in [2.75, 3.05) is 19.6 Å². The smallest absolute Gasteiger partial charge is 0.0438 e. The molecule has 0 bridgehead atoms. The predicted octanol–water partition coefficient (Wildman–Crippen LogP) is 3.85. The standard InChI is InChI=1S/C14H20ClN/c1-3-16-9-7-12(8-10-16)13-5-4-6-14(15)11(13)2/h4-6,12H,3,7-10H2,1-2H3. The minimum absolute atomic E-state index is 0.710. The molecule has 0 aliphatic carbocycles. The molecule has 1 aromatic rings. The van der Waals surface area contributed by atoms with Gasteiger partial charge < -0.3 is 4.90 Å². The first-order valence-electron chi connectivity index (χ1n) is 6.19. The van der Waals surface area contributed by atoms with Gasteiger partial charge in [-0.05, 0) is 62.5 Å². The van der Waals surface area contributed by atoms with E-state index in [1.807, 2.05) is 6.07 Å². The normalized spacial score (nSPS) is 18.9. The van der Waals surface area contributed by atoms with Gasteiger partial charge in [0.25, 0.3) is 0 Å². The number of rotatable bonds is 2. The van der Waals surface area contributed by atoms with Gasteiger partial charge in [0.15, 0.2) is 0 Å². The van der Waals surface area contributed by atoms with Crippen LogP contribution in [0.4, 0.5) is 0 Å². The molecule has 1 aliphatic rings. The Labute approximate surface area is 103 Å². The van der Waals surface area contributed by atoms with E-state index >= 15 is 0 Å². The molecule has 0 amide bonds. The Balaban J connectivity index is 2.11. The molecule has 1 aromatic carbocycles. The molecule has 2 heteroatoms. The summed E-state index contributed by atoms with van der Waals surface area (Å²) in [7, 11) is 0. The van der Waals surface area contributed by atoms with Crippen molar-refractivity contribution in [3.8, 4) is 0 Å². The van der Waals surface area contributed by atoms with Crippen molar-refractivity contribution >= 4 is 11.6 Å². The highest BCUT2D eigenvalue weighted by atomic mass is 35.5. The Hall–Kier alpha value is -0.530. The van der Waals surface area contributed by atoms with E-state index in [4.69, 9.17) is 11.6 Å². The monoisotopic (exact) mass is 237 g/mol. The molecule has 0 spiro atoms. The maximum absolute atomic E-state index is 6.18. The van der Waals surface area contributed by atoms with E-state index < -0.39 is 0 Å². The van der Waals surface area contributed by atoms with Gasteiger partial charge in [0.1, 0.15) is 0 Å². The second-order valence-electron chi connectivity index (χ2n) is 4.66. The van der Waals surface area contributed by atoms with Crippen LogP contribution in [0.2, 0.25) is 5.02 Å². The minimum atomic E-state index is 0.710. The SMILES string of the molecule is CCN1CCC(c2cccc(Cl)c2C)CC1. The van der Waals surface area contributed by atoms with Crippen LogP contribution in [-0.4, -0.2) is 24.5 Å². The van der Waals surface area contributed by atoms with Crippen LogP contribution < -0.4 is 0 Å². The maximum atomic E-state index is 6.18. The van der Waals surface area contributed by atoms with Crippen LogP contribution in [0.25, 0.3) is 0 Å². The molecular formula is C14H20ClN. The molecule has 1 heterocycles. The lowest BCUT2D eigenvalue weighted by molar-refractivity contribution is 0.222. The predicted molar refractivity (Wildman–Crippen MR) is 70.3 cm³/mol. The summed E-state index contributed by atoms with van der Waals surface area (Å²) in [6.45, 7) is 8.02. The Bertz CT molecular complexity index is 354. The number of nitrogens with zero attached hydrogens (tertiary/aromatic N) is 1. The Morgan fingerprint density at radius 2 is 2.00 bits per heavy atom. The molecule has 1 aliphatic heterocycles. The molecule has 0 N–H and O–H groups in total. The van der Waals surface area contributed by atoms with Gasteiger partial charge in [-0.2, -0.15) is 0 Å². The van der Waals surface area contributed by atoms with Crippen LogP contribution in [0.5, 0.6) is 0 Å². The molecule has 1 nitrogen and oxygen atoms in total. The van der Waals surface area contributed by atoms with Gasteiger partial charge in [-0.15, -0.1) is 0 Å². The number of piperidine rings is 1. The van der Waals surface area contributed by atoms with E-state index in [2.05, 4.69) is 30.9 Å². The van der Waals surface area contributed by atoms with Crippen molar-refractivity contribution in [3.05, 3.63) is 34.3 Å². The molecule has 0 radical (unpaired) electrons. The fourth-order valence-corrected chi connectivity index (χ4v) is 2.81. The first kappa shape index (κ1) is 11.9. The summed E-state index contributed by atoms with van der Waals surface area (Å²) >= 11 is 6.18. The highest BCUT2D eigenvalue weighted by Gasteiger charge is 2.21. The summed E-state index contributed by atoms with van der Waals surface area (Å²) < 4.78 is 0. The van der Waals surface area contributed by atoms with Crippen molar-refractivity contribution < 1.29 is 0 Å². The lowest BCUT2D eigenvalue weighted by atomic mass is 9.87. The molecule has 16 heavy (non-hydrogen) atoms. The molecule has 1 saturated heterocycles. The summed E-state index contributed by atoms with van der Waals surface area (Å²) in [6, 6.07) is 6.31. The van der Waals surface area contributed by atoms with E-state index in [9.17, 15) is 0 Å². The highest BCUT2D eigenvalue weighted by molar-refractivity contribution is 6.31. The fourth-order valence-electron chi connectivity index (χ4n) is 2.63. The summed E-state index contributed by atoms with van der Waals surface area (Å²) in [5, 5.41) is 0.912. The largest absolute Gasteiger partial charge is 0.304 e. The van der Waals surface area contributed by atoms with Crippen LogP contribution in [0.15, 0.2) is 18.2 Å². The molecule has 0 atom stereocenters. The number of benzene rings is 1. The third-order valence-electron chi connectivity index (χ3n) is 3.78. The molecule has 0 saturated carbocycles. The van der Waals surface area contributed by atoms with Gasteiger partial charge in [0.05, 0.1) is 0 Å². The quantitative estimate of drug-likeness (QED) is 0.755. The molecule has 0 aromatic heterocycles. The van der Waals surface area contributed by atoms with Gasteiger partial charge in [-0.25, -0.2) is 0 Å². The maximum Gasteiger partial charge on any atom is 0.0438 e. The fraction of sp³-hybridized carbons (Fsp3) is 0.571.